The molecule has 0 bridgehead atoms. The second kappa shape index (κ2) is 8.53. The lowest BCUT2D eigenvalue weighted by atomic mass is 9.83. The van der Waals surface area contributed by atoms with Crippen molar-refractivity contribution in [2.45, 2.75) is 44.4 Å². The number of benzene rings is 1. The molecule has 2 heterocycles. The topological polar surface area (TPSA) is 114 Å². The number of likely N-dealkylation sites (tertiary alicyclic amines) is 1. The molecule has 7 nitrogen and oxygen atoms in total. The predicted octanol–water partition coefficient (Wildman–Crippen LogP) is 3.72. The maximum atomic E-state index is 13.6. The molecule has 2 amide bonds. The zero-order valence-corrected chi connectivity index (χ0v) is 18.1. The van der Waals surface area contributed by atoms with E-state index in [9.17, 15) is 32.7 Å². The fourth-order valence-electron chi connectivity index (χ4n) is 4.36. The summed E-state index contributed by atoms with van der Waals surface area (Å²) in [6.07, 6.45) is -3.52. The van der Waals surface area contributed by atoms with Crippen LogP contribution in [0.3, 0.4) is 0 Å². The SMILES string of the molecule is CC(C)CC1(C(=O)O)CC(C(N)=O)C(c2nccs2)N1C(=O)c1cccc(C(F)(F)F)c1. The number of hydrogen-bond donors (Lipinski definition) is 2. The van der Waals surface area contributed by atoms with Crippen molar-refractivity contribution in [1.82, 2.24) is 9.88 Å². The van der Waals surface area contributed by atoms with Crippen LogP contribution >= 0.6 is 11.3 Å². The van der Waals surface area contributed by atoms with Gasteiger partial charge in [-0.2, -0.15) is 13.2 Å². The Morgan fingerprint density at radius 3 is 2.53 bits per heavy atom. The molecule has 1 aromatic carbocycles. The maximum Gasteiger partial charge on any atom is 0.416 e. The second-order valence-corrected chi connectivity index (χ2v) is 9.14. The molecule has 0 spiro atoms. The van der Waals surface area contributed by atoms with Crippen LogP contribution in [-0.4, -0.2) is 38.3 Å². The number of primary amides is 1. The lowest BCUT2D eigenvalue weighted by Gasteiger charge is -2.38. The summed E-state index contributed by atoms with van der Waals surface area (Å²) in [5.74, 6) is -4.35. The standard InChI is InChI=1S/C21H22F3N3O4S/c1-11(2)9-20(19(30)31)10-14(16(25)28)15(17-26-6-7-32-17)27(20)18(29)12-4-3-5-13(8-12)21(22,23)24/h3-8,11,14-15H,9-10H2,1-2H3,(H2,25,28)(H,30,31). The number of carboxylic acid groups (broad SMARTS) is 1. The van der Waals surface area contributed by atoms with Crippen LogP contribution in [-0.2, 0) is 15.8 Å². The lowest BCUT2D eigenvalue weighted by Crippen LogP contribution is -2.54. The number of carbonyl (C=O) groups excluding carboxylic acids is 2. The number of thiazole rings is 1. The third-order valence-electron chi connectivity index (χ3n) is 5.55. The van der Waals surface area contributed by atoms with Crippen molar-refractivity contribution < 1.29 is 32.7 Å². The van der Waals surface area contributed by atoms with Gasteiger partial charge in [-0.25, -0.2) is 9.78 Å². The van der Waals surface area contributed by atoms with Crippen molar-refractivity contribution in [3.8, 4) is 0 Å². The summed E-state index contributed by atoms with van der Waals surface area (Å²) < 4.78 is 39.7. The van der Waals surface area contributed by atoms with E-state index in [0.29, 0.717) is 11.1 Å². The van der Waals surface area contributed by atoms with Crippen LogP contribution in [0.1, 0.15) is 53.7 Å². The molecule has 1 aliphatic heterocycles. The van der Waals surface area contributed by atoms with E-state index in [4.69, 9.17) is 5.73 Å². The smallest absolute Gasteiger partial charge is 0.416 e. The van der Waals surface area contributed by atoms with Crippen LogP contribution < -0.4 is 5.73 Å². The molecule has 1 fully saturated rings. The molecule has 2 aromatic rings. The van der Waals surface area contributed by atoms with Crippen LogP contribution in [0.25, 0.3) is 0 Å². The Hall–Kier alpha value is -2.95. The molecule has 0 radical (unpaired) electrons. The van der Waals surface area contributed by atoms with Crippen molar-refractivity contribution in [1.29, 1.82) is 0 Å². The third kappa shape index (κ3) is 4.21. The highest BCUT2D eigenvalue weighted by Crippen LogP contribution is 2.50. The van der Waals surface area contributed by atoms with E-state index in [0.717, 1.165) is 28.4 Å². The van der Waals surface area contributed by atoms with Crippen molar-refractivity contribution >= 4 is 29.1 Å². The van der Waals surface area contributed by atoms with Gasteiger partial charge in [-0.3, -0.25) is 9.59 Å². The van der Waals surface area contributed by atoms with Gasteiger partial charge in [-0.15, -0.1) is 11.3 Å². The zero-order chi connectivity index (χ0) is 23.8. The van der Waals surface area contributed by atoms with E-state index >= 15 is 0 Å². The second-order valence-electron chi connectivity index (χ2n) is 8.22. The van der Waals surface area contributed by atoms with Crippen LogP contribution in [0.2, 0.25) is 0 Å². The van der Waals surface area contributed by atoms with Crippen molar-refractivity contribution in [2.24, 2.45) is 17.6 Å². The molecular weight excluding hydrogens is 447 g/mol. The first-order valence-electron chi connectivity index (χ1n) is 9.81. The van der Waals surface area contributed by atoms with E-state index in [2.05, 4.69) is 4.98 Å². The number of rotatable bonds is 6. The Kier molecular flexibility index (Phi) is 6.32. The molecule has 0 saturated carbocycles. The minimum Gasteiger partial charge on any atom is -0.479 e. The molecule has 1 saturated heterocycles. The Labute approximate surface area is 186 Å². The molecule has 32 heavy (non-hydrogen) atoms. The van der Waals surface area contributed by atoms with Gasteiger partial charge in [0, 0.05) is 17.1 Å². The largest absolute Gasteiger partial charge is 0.479 e. The molecule has 3 unspecified atom stereocenters. The number of nitrogens with two attached hydrogens (primary N) is 1. The molecule has 11 heteroatoms. The number of halogens is 3. The fourth-order valence-corrected chi connectivity index (χ4v) is 5.15. The molecular formula is C21H22F3N3O4S. The Balaban J connectivity index is 2.22. The van der Waals surface area contributed by atoms with Crippen LogP contribution in [0.5, 0.6) is 0 Å². The number of carbonyl (C=O) groups is 3. The minimum absolute atomic E-state index is 0.0152. The third-order valence-corrected chi connectivity index (χ3v) is 6.39. The molecule has 3 atom stereocenters. The summed E-state index contributed by atoms with van der Waals surface area (Å²) in [5, 5.41) is 12.1. The van der Waals surface area contributed by atoms with Gasteiger partial charge in [0.15, 0.2) is 0 Å². The first-order chi connectivity index (χ1) is 14.9. The Morgan fingerprint density at radius 1 is 1.34 bits per heavy atom. The normalized spacial score (nSPS) is 23.5. The highest BCUT2D eigenvalue weighted by Gasteiger charge is 2.61. The highest BCUT2D eigenvalue weighted by molar-refractivity contribution is 7.09. The van der Waals surface area contributed by atoms with Crippen LogP contribution in [0.4, 0.5) is 13.2 Å². The van der Waals surface area contributed by atoms with Gasteiger partial charge in [0.2, 0.25) is 5.91 Å². The predicted molar refractivity (Wildman–Crippen MR) is 110 cm³/mol. The van der Waals surface area contributed by atoms with Gasteiger partial charge in [0.25, 0.3) is 5.91 Å². The quantitative estimate of drug-likeness (QED) is 0.669. The molecule has 3 rings (SSSR count). The fraction of sp³-hybridized carbons (Fsp3) is 0.429. The van der Waals surface area contributed by atoms with E-state index in [1.807, 2.05) is 0 Å². The number of aliphatic carboxylic acids is 1. The van der Waals surface area contributed by atoms with Crippen LogP contribution in [0, 0.1) is 11.8 Å². The zero-order valence-electron chi connectivity index (χ0n) is 17.3. The average Bonchev–Trinajstić information content (AvgIpc) is 3.33. The summed E-state index contributed by atoms with van der Waals surface area (Å²) >= 11 is 1.11. The number of alkyl halides is 3. The summed E-state index contributed by atoms with van der Waals surface area (Å²) in [5.41, 5.74) is 2.38. The minimum atomic E-state index is -4.69. The number of amides is 2. The van der Waals surface area contributed by atoms with Crippen LogP contribution in [0.15, 0.2) is 35.8 Å². The number of carboxylic acids is 1. The molecule has 0 aliphatic carbocycles. The Morgan fingerprint density at radius 2 is 2.03 bits per heavy atom. The van der Waals surface area contributed by atoms with Gasteiger partial charge in [0.05, 0.1) is 17.5 Å². The molecule has 172 valence electrons. The lowest BCUT2D eigenvalue weighted by molar-refractivity contribution is -0.150. The summed E-state index contributed by atoms with van der Waals surface area (Å²) in [7, 11) is 0. The highest BCUT2D eigenvalue weighted by atomic mass is 32.1. The van der Waals surface area contributed by atoms with Crippen molar-refractivity contribution in [2.75, 3.05) is 0 Å². The van der Waals surface area contributed by atoms with Crippen molar-refractivity contribution in [3.63, 3.8) is 0 Å². The number of hydrogen-bond acceptors (Lipinski definition) is 5. The summed E-state index contributed by atoms with van der Waals surface area (Å²) in [6.45, 7) is 3.52. The first-order valence-corrected chi connectivity index (χ1v) is 10.7. The van der Waals surface area contributed by atoms with E-state index in [1.165, 1.54) is 12.3 Å². The average molecular weight is 469 g/mol. The molecule has 3 N–H and O–H groups in total. The van der Waals surface area contributed by atoms with Gasteiger partial charge < -0.3 is 15.7 Å². The molecule has 1 aromatic heterocycles. The van der Waals surface area contributed by atoms with Gasteiger partial charge in [-0.05, 0) is 37.0 Å². The summed E-state index contributed by atoms with van der Waals surface area (Å²) in [6, 6.07) is 2.67. The van der Waals surface area contributed by atoms with E-state index < -0.39 is 47.0 Å². The van der Waals surface area contributed by atoms with Gasteiger partial charge in [-0.1, -0.05) is 19.9 Å². The summed E-state index contributed by atoms with van der Waals surface area (Å²) in [4.78, 5) is 43.7. The van der Waals surface area contributed by atoms with Gasteiger partial charge in [0.1, 0.15) is 10.5 Å². The monoisotopic (exact) mass is 469 g/mol. The number of nitrogens with zero attached hydrogens (tertiary/aromatic N) is 2. The Bertz CT molecular complexity index is 1030. The maximum absolute atomic E-state index is 13.6. The number of aromatic nitrogens is 1. The van der Waals surface area contributed by atoms with Gasteiger partial charge >= 0.3 is 12.1 Å². The van der Waals surface area contributed by atoms with Crippen molar-refractivity contribution in [3.05, 3.63) is 52.0 Å². The molecule has 1 aliphatic rings. The first kappa shape index (κ1) is 23.7. The van der Waals surface area contributed by atoms with E-state index in [1.54, 1.807) is 19.2 Å². The van der Waals surface area contributed by atoms with E-state index in [-0.39, 0.29) is 24.3 Å².